The molecule has 0 amide bonds. The summed E-state index contributed by atoms with van der Waals surface area (Å²) in [5, 5.41) is 6.89. The van der Waals surface area contributed by atoms with Gasteiger partial charge >= 0.3 is 0 Å². The van der Waals surface area contributed by atoms with Crippen LogP contribution < -0.4 is 10.6 Å². The smallest absolute Gasteiger partial charge is 0.190 e. The lowest BCUT2D eigenvalue weighted by atomic mass is 9.96. The van der Waals surface area contributed by atoms with Crippen LogP contribution >= 0.6 is 24.0 Å². The highest BCUT2D eigenvalue weighted by Gasteiger charge is 2.42. The molecular formula is C20H32IN3O2. The van der Waals surface area contributed by atoms with E-state index in [1.54, 1.807) is 0 Å². The quantitative estimate of drug-likeness (QED) is 0.251. The van der Waals surface area contributed by atoms with Crippen molar-refractivity contribution in [2.24, 2.45) is 10.4 Å². The number of hydrogen-bond acceptors (Lipinski definition) is 3. The van der Waals surface area contributed by atoms with Crippen molar-refractivity contribution in [1.82, 2.24) is 10.6 Å². The summed E-state index contributed by atoms with van der Waals surface area (Å²) in [7, 11) is 1.83. The van der Waals surface area contributed by atoms with Crippen molar-refractivity contribution in [2.75, 3.05) is 40.0 Å². The molecular weight excluding hydrogens is 441 g/mol. The van der Waals surface area contributed by atoms with E-state index in [9.17, 15) is 0 Å². The Balaban J connectivity index is 0.00000243. The summed E-state index contributed by atoms with van der Waals surface area (Å²) in [4.78, 5) is 4.33. The third-order valence-corrected chi connectivity index (χ3v) is 5.09. The van der Waals surface area contributed by atoms with Crippen LogP contribution in [0.1, 0.15) is 31.2 Å². The summed E-state index contributed by atoms with van der Waals surface area (Å²) in [6, 6.07) is 10.8. The number of rotatable bonds is 9. The molecule has 146 valence electrons. The molecule has 0 aromatic heterocycles. The van der Waals surface area contributed by atoms with Gasteiger partial charge in [0.25, 0.3) is 0 Å². The van der Waals surface area contributed by atoms with Crippen molar-refractivity contribution < 1.29 is 9.47 Å². The average molecular weight is 473 g/mol. The summed E-state index contributed by atoms with van der Waals surface area (Å²) in [6.07, 6.45) is 6.04. The maximum Gasteiger partial charge on any atom is 0.190 e. The first kappa shape index (κ1) is 21.4. The molecule has 2 fully saturated rings. The Hall–Kier alpha value is -0.860. The maximum atomic E-state index is 5.78. The summed E-state index contributed by atoms with van der Waals surface area (Å²) < 4.78 is 11.1. The molecule has 1 unspecified atom stereocenters. The van der Waals surface area contributed by atoms with Crippen LogP contribution in [0, 0.1) is 5.41 Å². The third-order valence-electron chi connectivity index (χ3n) is 5.09. The molecule has 6 heteroatoms. The van der Waals surface area contributed by atoms with E-state index >= 15 is 0 Å². The first-order valence-electron chi connectivity index (χ1n) is 9.47. The minimum Gasteiger partial charge on any atom is -0.379 e. The number of hydrogen-bond donors (Lipinski definition) is 2. The molecule has 26 heavy (non-hydrogen) atoms. The largest absolute Gasteiger partial charge is 0.379 e. The minimum absolute atomic E-state index is 0. The van der Waals surface area contributed by atoms with Crippen LogP contribution in [0.3, 0.4) is 0 Å². The van der Waals surface area contributed by atoms with Gasteiger partial charge in [0.15, 0.2) is 5.96 Å². The highest BCUT2D eigenvalue weighted by molar-refractivity contribution is 14.0. The standard InChI is InChI=1S/C20H31N3O2.HI/c1-21-19(22-11-5-12-25-18-8-13-24-15-18)23-16-20(9-10-20)14-17-6-3-2-4-7-17;/h2-4,6-7,18H,5,8-16H2,1H3,(H2,21,22,23);1H. The predicted molar refractivity (Wildman–Crippen MR) is 116 cm³/mol. The zero-order valence-corrected chi connectivity index (χ0v) is 18.0. The molecule has 0 spiro atoms. The molecule has 2 aliphatic rings. The zero-order valence-electron chi connectivity index (χ0n) is 15.7. The highest BCUT2D eigenvalue weighted by Crippen LogP contribution is 2.47. The van der Waals surface area contributed by atoms with Gasteiger partial charge in [-0.2, -0.15) is 0 Å². The van der Waals surface area contributed by atoms with Crippen LogP contribution in [0.2, 0.25) is 0 Å². The molecule has 1 aliphatic heterocycles. The molecule has 1 saturated heterocycles. The van der Waals surface area contributed by atoms with Crippen molar-refractivity contribution in [3.63, 3.8) is 0 Å². The van der Waals surface area contributed by atoms with Gasteiger partial charge in [0.1, 0.15) is 0 Å². The van der Waals surface area contributed by atoms with E-state index < -0.39 is 0 Å². The van der Waals surface area contributed by atoms with Gasteiger partial charge in [0.05, 0.1) is 12.7 Å². The third kappa shape index (κ3) is 7.04. The highest BCUT2D eigenvalue weighted by atomic mass is 127. The average Bonchev–Trinajstić information content (AvgIpc) is 3.19. The Labute approximate surface area is 174 Å². The number of aliphatic imine (C=N–C) groups is 1. The fourth-order valence-electron chi connectivity index (χ4n) is 3.29. The molecule has 3 rings (SSSR count). The van der Waals surface area contributed by atoms with Gasteiger partial charge in [-0.25, -0.2) is 0 Å². The lowest BCUT2D eigenvalue weighted by Gasteiger charge is -2.19. The van der Waals surface area contributed by atoms with E-state index in [0.29, 0.717) is 11.5 Å². The van der Waals surface area contributed by atoms with Gasteiger partial charge in [0, 0.05) is 33.4 Å². The first-order valence-corrected chi connectivity index (χ1v) is 9.47. The number of ether oxygens (including phenoxy) is 2. The number of halogens is 1. The number of guanidine groups is 1. The van der Waals surface area contributed by atoms with Crippen LogP contribution in [-0.4, -0.2) is 52.0 Å². The molecule has 1 saturated carbocycles. The Bertz CT molecular complexity index is 543. The molecule has 0 bridgehead atoms. The van der Waals surface area contributed by atoms with Gasteiger partial charge in [0.2, 0.25) is 0 Å². The molecule has 1 atom stereocenters. The van der Waals surface area contributed by atoms with Crippen molar-refractivity contribution in [3.05, 3.63) is 35.9 Å². The number of benzene rings is 1. The number of nitrogens with one attached hydrogen (secondary N) is 2. The van der Waals surface area contributed by atoms with Crippen LogP contribution in [0.5, 0.6) is 0 Å². The van der Waals surface area contributed by atoms with Crippen LogP contribution in [0.4, 0.5) is 0 Å². The van der Waals surface area contributed by atoms with Crippen molar-refractivity contribution in [2.45, 2.75) is 38.2 Å². The lowest BCUT2D eigenvalue weighted by molar-refractivity contribution is 0.0420. The van der Waals surface area contributed by atoms with Gasteiger partial charge < -0.3 is 20.1 Å². The van der Waals surface area contributed by atoms with Gasteiger partial charge in [-0.3, -0.25) is 4.99 Å². The molecule has 1 aromatic carbocycles. The molecule has 1 heterocycles. The van der Waals surface area contributed by atoms with Crippen LogP contribution in [0.15, 0.2) is 35.3 Å². The molecule has 5 nitrogen and oxygen atoms in total. The van der Waals surface area contributed by atoms with E-state index in [4.69, 9.17) is 9.47 Å². The van der Waals surface area contributed by atoms with Gasteiger partial charge in [-0.15, -0.1) is 24.0 Å². The fraction of sp³-hybridized carbons (Fsp3) is 0.650. The second-order valence-corrected chi connectivity index (χ2v) is 7.22. The number of nitrogens with zero attached hydrogens (tertiary/aromatic N) is 1. The van der Waals surface area contributed by atoms with Gasteiger partial charge in [-0.05, 0) is 43.1 Å². The monoisotopic (exact) mass is 473 g/mol. The second kappa shape index (κ2) is 11.1. The summed E-state index contributed by atoms with van der Waals surface area (Å²) in [5.41, 5.74) is 1.84. The Morgan fingerprint density at radius 2 is 2.08 bits per heavy atom. The maximum absolute atomic E-state index is 5.78. The molecule has 0 radical (unpaired) electrons. The summed E-state index contributed by atoms with van der Waals surface area (Å²) in [6.45, 7) is 4.22. The van der Waals surface area contributed by atoms with Crippen molar-refractivity contribution in [3.8, 4) is 0 Å². The zero-order chi connectivity index (χ0) is 17.4. The topological polar surface area (TPSA) is 54.9 Å². The molecule has 1 aromatic rings. The van der Waals surface area contributed by atoms with E-state index in [-0.39, 0.29) is 24.0 Å². The van der Waals surface area contributed by atoms with Crippen LogP contribution in [-0.2, 0) is 15.9 Å². The van der Waals surface area contributed by atoms with Crippen LogP contribution in [0.25, 0.3) is 0 Å². The van der Waals surface area contributed by atoms with Crippen molar-refractivity contribution >= 4 is 29.9 Å². The van der Waals surface area contributed by atoms with E-state index in [1.807, 2.05) is 7.05 Å². The minimum atomic E-state index is 0. The lowest BCUT2D eigenvalue weighted by Crippen LogP contribution is -2.41. The van der Waals surface area contributed by atoms with E-state index in [0.717, 1.165) is 58.1 Å². The first-order chi connectivity index (χ1) is 12.3. The Morgan fingerprint density at radius 3 is 2.73 bits per heavy atom. The van der Waals surface area contributed by atoms with Crippen molar-refractivity contribution in [1.29, 1.82) is 0 Å². The Morgan fingerprint density at radius 1 is 1.27 bits per heavy atom. The normalized spacial score (nSPS) is 21.1. The second-order valence-electron chi connectivity index (χ2n) is 7.22. The molecule has 2 N–H and O–H groups in total. The SMILES string of the molecule is CN=C(NCCCOC1CCOC1)NCC1(Cc2ccccc2)CC1.I. The Kier molecular flexibility index (Phi) is 9.15. The summed E-state index contributed by atoms with van der Waals surface area (Å²) >= 11 is 0. The fourth-order valence-corrected chi connectivity index (χ4v) is 3.29. The van der Waals surface area contributed by atoms with Gasteiger partial charge in [-0.1, -0.05) is 30.3 Å². The van der Waals surface area contributed by atoms with E-state index in [1.165, 1.54) is 18.4 Å². The molecule has 1 aliphatic carbocycles. The predicted octanol–water partition coefficient (Wildman–Crippen LogP) is 2.99. The summed E-state index contributed by atoms with van der Waals surface area (Å²) in [5.74, 6) is 0.892. The van der Waals surface area contributed by atoms with E-state index in [2.05, 4.69) is 46.0 Å².